The molecule has 2 heterocycles. The maximum atomic E-state index is 13.1. The van der Waals surface area contributed by atoms with Crippen molar-refractivity contribution in [1.29, 1.82) is 5.41 Å². The summed E-state index contributed by atoms with van der Waals surface area (Å²) in [5.74, 6) is -0.0491. The molecule has 2 aliphatic heterocycles. The number of rotatable bonds is 8. The number of hydrogen-bond donors (Lipinski definition) is 4. The number of nitrogens with zero attached hydrogens (tertiary/aromatic N) is 2. The van der Waals surface area contributed by atoms with Gasteiger partial charge in [0.1, 0.15) is 0 Å². The van der Waals surface area contributed by atoms with Crippen molar-refractivity contribution in [2.45, 2.75) is 25.5 Å². The SMILES string of the molecule is CN/C=C(\C=N)Nc1ccc2c(c1)C(=O)N(CC(O)CN1CCc3ccccc3C1)CC2. The Kier molecular flexibility index (Phi) is 6.87. The van der Waals surface area contributed by atoms with Crippen LogP contribution in [-0.2, 0) is 19.4 Å². The van der Waals surface area contributed by atoms with Crippen LogP contribution >= 0.6 is 0 Å². The summed E-state index contributed by atoms with van der Waals surface area (Å²) >= 11 is 0. The standard InChI is InChI=1S/C25H31N5O2/c1-27-14-22(13-26)28-21-7-6-19-9-11-30(25(32)24(19)12-21)17-23(31)16-29-10-8-18-4-2-3-5-20(18)15-29/h2-7,12-14,23,26-28,31H,8-11,15-17H2,1H3/b22-14+,26-13?. The van der Waals surface area contributed by atoms with Crippen LogP contribution in [0.1, 0.15) is 27.0 Å². The Labute approximate surface area is 189 Å². The van der Waals surface area contributed by atoms with Gasteiger partial charge in [-0.2, -0.15) is 0 Å². The highest BCUT2D eigenvalue weighted by Crippen LogP contribution is 2.24. The zero-order chi connectivity index (χ0) is 22.5. The summed E-state index contributed by atoms with van der Waals surface area (Å²) in [6.07, 6.45) is 4.09. The Morgan fingerprint density at radius 2 is 1.91 bits per heavy atom. The van der Waals surface area contributed by atoms with E-state index in [9.17, 15) is 9.90 Å². The lowest BCUT2D eigenvalue weighted by molar-refractivity contribution is 0.0493. The molecule has 0 spiro atoms. The molecule has 7 nitrogen and oxygen atoms in total. The Balaban J connectivity index is 1.38. The second kappa shape index (κ2) is 9.97. The first-order valence-corrected chi connectivity index (χ1v) is 11.1. The molecule has 32 heavy (non-hydrogen) atoms. The van der Waals surface area contributed by atoms with Gasteiger partial charge in [0, 0.05) is 63.4 Å². The summed E-state index contributed by atoms with van der Waals surface area (Å²) in [6, 6.07) is 14.2. The van der Waals surface area contributed by atoms with Gasteiger partial charge in [-0.25, -0.2) is 0 Å². The highest BCUT2D eigenvalue weighted by atomic mass is 16.3. The minimum absolute atomic E-state index is 0.0491. The lowest BCUT2D eigenvalue weighted by Crippen LogP contribution is -2.46. The summed E-state index contributed by atoms with van der Waals surface area (Å²) < 4.78 is 0. The number of aliphatic hydroxyl groups is 1. The predicted molar refractivity (Wildman–Crippen MR) is 127 cm³/mol. The number of hydrogen-bond acceptors (Lipinski definition) is 6. The number of nitrogens with one attached hydrogen (secondary N) is 3. The van der Waals surface area contributed by atoms with Crippen LogP contribution in [-0.4, -0.2) is 66.4 Å². The molecule has 4 N–H and O–H groups in total. The van der Waals surface area contributed by atoms with Crippen molar-refractivity contribution in [3.8, 4) is 0 Å². The first kappa shape index (κ1) is 22.0. The van der Waals surface area contributed by atoms with Gasteiger partial charge in [0.25, 0.3) is 5.91 Å². The number of fused-ring (bicyclic) bond motifs is 2. The Bertz CT molecular complexity index is 1020. The van der Waals surface area contributed by atoms with Crippen LogP contribution in [0.2, 0.25) is 0 Å². The third-order valence-electron chi connectivity index (χ3n) is 6.13. The topological polar surface area (TPSA) is 91.7 Å². The van der Waals surface area contributed by atoms with E-state index in [0.717, 1.165) is 37.2 Å². The van der Waals surface area contributed by atoms with Gasteiger partial charge in [0.05, 0.1) is 11.8 Å². The maximum absolute atomic E-state index is 13.1. The highest BCUT2D eigenvalue weighted by Gasteiger charge is 2.27. The Morgan fingerprint density at radius 1 is 1.12 bits per heavy atom. The largest absolute Gasteiger partial charge is 0.392 e. The van der Waals surface area contributed by atoms with Crippen LogP contribution in [0.4, 0.5) is 5.69 Å². The fourth-order valence-corrected chi connectivity index (χ4v) is 4.53. The van der Waals surface area contributed by atoms with Crippen LogP contribution in [0, 0.1) is 5.41 Å². The van der Waals surface area contributed by atoms with Crippen molar-refractivity contribution in [3.05, 3.63) is 76.6 Å². The lowest BCUT2D eigenvalue weighted by Gasteiger charge is -2.34. The molecule has 1 amide bonds. The average Bonchev–Trinajstić information content (AvgIpc) is 2.81. The third-order valence-corrected chi connectivity index (χ3v) is 6.13. The van der Waals surface area contributed by atoms with Crippen molar-refractivity contribution < 1.29 is 9.90 Å². The summed E-state index contributed by atoms with van der Waals surface area (Å²) in [7, 11) is 1.77. The first-order valence-electron chi connectivity index (χ1n) is 11.1. The van der Waals surface area contributed by atoms with E-state index in [1.165, 1.54) is 17.3 Å². The van der Waals surface area contributed by atoms with E-state index in [1.807, 2.05) is 18.2 Å². The van der Waals surface area contributed by atoms with Gasteiger partial charge in [0.15, 0.2) is 0 Å². The molecule has 0 aliphatic carbocycles. The normalized spacial score (nSPS) is 17.4. The summed E-state index contributed by atoms with van der Waals surface area (Å²) in [6.45, 7) is 3.28. The molecule has 168 valence electrons. The number of anilines is 1. The zero-order valence-corrected chi connectivity index (χ0v) is 18.5. The van der Waals surface area contributed by atoms with Crippen LogP contribution in [0.3, 0.4) is 0 Å². The fraction of sp³-hybridized carbons (Fsp3) is 0.360. The molecule has 1 atom stereocenters. The summed E-state index contributed by atoms with van der Waals surface area (Å²) in [4.78, 5) is 17.2. The minimum atomic E-state index is -0.588. The van der Waals surface area contributed by atoms with Crippen molar-refractivity contribution in [3.63, 3.8) is 0 Å². The van der Waals surface area contributed by atoms with Gasteiger partial charge in [-0.05, 0) is 41.7 Å². The second-order valence-corrected chi connectivity index (χ2v) is 8.44. The molecule has 7 heteroatoms. The van der Waals surface area contributed by atoms with Gasteiger partial charge in [0.2, 0.25) is 0 Å². The van der Waals surface area contributed by atoms with Gasteiger partial charge in [-0.15, -0.1) is 0 Å². The first-order chi connectivity index (χ1) is 15.6. The number of aliphatic hydroxyl groups excluding tert-OH is 1. The van der Waals surface area contributed by atoms with Crippen molar-refractivity contribution >= 4 is 17.8 Å². The molecule has 0 fully saturated rings. The average molecular weight is 434 g/mol. The molecule has 2 aromatic rings. The quantitative estimate of drug-likeness (QED) is 0.479. The highest BCUT2D eigenvalue weighted by molar-refractivity contribution is 5.98. The smallest absolute Gasteiger partial charge is 0.254 e. The molecule has 0 radical (unpaired) electrons. The molecular weight excluding hydrogens is 402 g/mol. The van der Waals surface area contributed by atoms with Crippen molar-refractivity contribution in [1.82, 2.24) is 15.1 Å². The zero-order valence-electron chi connectivity index (χ0n) is 18.5. The van der Waals surface area contributed by atoms with E-state index < -0.39 is 6.10 Å². The molecular formula is C25H31N5O2. The van der Waals surface area contributed by atoms with Gasteiger partial charge in [-0.3, -0.25) is 9.69 Å². The van der Waals surface area contributed by atoms with Gasteiger partial charge in [-0.1, -0.05) is 30.3 Å². The van der Waals surface area contributed by atoms with E-state index in [4.69, 9.17) is 5.41 Å². The second-order valence-electron chi connectivity index (χ2n) is 8.44. The monoisotopic (exact) mass is 433 g/mol. The van der Waals surface area contributed by atoms with E-state index in [0.29, 0.717) is 30.9 Å². The number of allylic oxidation sites excluding steroid dienone is 1. The number of β-amino-alcohol motifs (C(OH)–C–C–N with tert-alkyl or cyclic N) is 1. The number of amides is 1. The van der Waals surface area contributed by atoms with E-state index in [-0.39, 0.29) is 5.91 Å². The molecule has 1 unspecified atom stereocenters. The van der Waals surface area contributed by atoms with Crippen LogP contribution in [0.5, 0.6) is 0 Å². The van der Waals surface area contributed by atoms with Gasteiger partial charge >= 0.3 is 0 Å². The lowest BCUT2D eigenvalue weighted by atomic mass is 9.97. The van der Waals surface area contributed by atoms with Crippen molar-refractivity contribution in [2.75, 3.05) is 38.5 Å². The summed E-state index contributed by atoms with van der Waals surface area (Å²) in [5.41, 5.74) is 5.76. The number of carbonyl (C=O) groups excluding carboxylic acids is 1. The molecule has 0 bridgehead atoms. The molecule has 2 aromatic carbocycles. The van der Waals surface area contributed by atoms with Crippen LogP contribution < -0.4 is 10.6 Å². The van der Waals surface area contributed by atoms with E-state index >= 15 is 0 Å². The van der Waals surface area contributed by atoms with E-state index in [1.54, 1.807) is 18.1 Å². The molecule has 4 rings (SSSR count). The predicted octanol–water partition coefficient (Wildman–Crippen LogP) is 2.23. The molecule has 2 aliphatic rings. The van der Waals surface area contributed by atoms with Crippen LogP contribution in [0.15, 0.2) is 54.4 Å². The maximum Gasteiger partial charge on any atom is 0.254 e. The molecule has 0 saturated carbocycles. The third kappa shape index (κ3) is 5.00. The van der Waals surface area contributed by atoms with Crippen LogP contribution in [0.25, 0.3) is 0 Å². The van der Waals surface area contributed by atoms with Gasteiger partial charge < -0.3 is 26.0 Å². The Hall–Kier alpha value is -3.16. The minimum Gasteiger partial charge on any atom is -0.392 e. The number of benzene rings is 2. The molecule has 0 saturated heterocycles. The fourth-order valence-electron chi connectivity index (χ4n) is 4.53. The Morgan fingerprint density at radius 3 is 2.69 bits per heavy atom. The van der Waals surface area contributed by atoms with E-state index in [2.05, 4.69) is 39.8 Å². The summed E-state index contributed by atoms with van der Waals surface area (Å²) in [5, 5.41) is 24.3. The number of carbonyl (C=O) groups is 1. The van der Waals surface area contributed by atoms with Crippen molar-refractivity contribution in [2.24, 2.45) is 0 Å². The molecule has 0 aromatic heterocycles.